The van der Waals surface area contributed by atoms with Crippen LogP contribution in [0.5, 0.6) is 11.8 Å². The van der Waals surface area contributed by atoms with Gasteiger partial charge in [-0.3, -0.25) is 9.88 Å². The average Bonchev–Trinajstić information content (AvgIpc) is 3.73. The summed E-state index contributed by atoms with van der Waals surface area (Å²) in [6, 6.07) is 7.28. The number of phenols is 1. The largest absolute Gasteiger partial charge is 0.508 e. The molecule has 1 N–H and O–H groups in total. The minimum absolute atomic E-state index is 0.00252. The van der Waals surface area contributed by atoms with Gasteiger partial charge in [0.25, 0.3) is 0 Å². The molecular weight excluding hydrogens is 535 g/mol. The highest BCUT2D eigenvalue weighted by Crippen LogP contribution is 2.42. The first-order valence-corrected chi connectivity index (χ1v) is 14.1. The van der Waals surface area contributed by atoms with Crippen molar-refractivity contribution < 1.29 is 27.8 Å². The van der Waals surface area contributed by atoms with Crippen molar-refractivity contribution in [3.8, 4) is 23.0 Å². The van der Waals surface area contributed by atoms with Crippen molar-refractivity contribution in [2.45, 2.75) is 49.5 Å². The maximum absolute atomic E-state index is 16.5. The first kappa shape index (κ1) is 25.0. The first-order valence-electron chi connectivity index (χ1n) is 14.1. The fourth-order valence-electron chi connectivity index (χ4n) is 7.35. The molecule has 212 valence electrons. The number of hydrogen-bond donors (Lipinski definition) is 1. The summed E-state index contributed by atoms with van der Waals surface area (Å²) in [4.78, 5) is 17.9. The summed E-state index contributed by atoms with van der Waals surface area (Å²) in [7, 11) is 0. The van der Waals surface area contributed by atoms with Gasteiger partial charge < -0.3 is 19.5 Å². The number of morpholine rings is 1. The summed E-state index contributed by atoms with van der Waals surface area (Å²) in [5, 5.41) is 11.3. The van der Waals surface area contributed by atoms with Crippen LogP contribution in [-0.2, 0) is 4.74 Å². The van der Waals surface area contributed by atoms with E-state index in [4.69, 9.17) is 14.5 Å². The zero-order valence-electron chi connectivity index (χ0n) is 22.2. The van der Waals surface area contributed by atoms with Gasteiger partial charge >= 0.3 is 6.01 Å². The number of nitrogens with zero attached hydrogens (tertiary/aromatic N) is 5. The van der Waals surface area contributed by atoms with E-state index in [1.165, 1.54) is 30.5 Å². The number of hydrogen-bond acceptors (Lipinski definition) is 8. The number of benzene rings is 2. The van der Waals surface area contributed by atoms with Gasteiger partial charge in [0, 0.05) is 36.7 Å². The number of ether oxygens (including phenoxy) is 2. The normalized spacial score (nSPS) is 27.4. The SMILES string of the molecule is Oc1cc(-c2ncc3c(N4C[C@H]5C[C@@H]4CO5)nc(OC[C@@]45CCCN4C[C@H](F)C5)nc3c2F)c2c(F)cccc2c1. The molecule has 0 radical (unpaired) electrons. The fourth-order valence-corrected chi connectivity index (χ4v) is 7.35. The molecule has 4 saturated heterocycles. The highest BCUT2D eigenvalue weighted by Gasteiger charge is 2.49. The van der Waals surface area contributed by atoms with E-state index in [1.54, 1.807) is 6.07 Å². The van der Waals surface area contributed by atoms with E-state index in [2.05, 4.69) is 19.8 Å². The Morgan fingerprint density at radius 1 is 1.17 bits per heavy atom. The van der Waals surface area contributed by atoms with E-state index in [1.807, 2.05) is 0 Å². The lowest BCUT2D eigenvalue weighted by atomic mass is 9.95. The Kier molecular flexibility index (Phi) is 5.59. The maximum Gasteiger partial charge on any atom is 0.319 e. The van der Waals surface area contributed by atoms with Gasteiger partial charge in [0.15, 0.2) is 5.82 Å². The minimum atomic E-state index is -0.907. The standard InChI is InChI=1S/C30H28F3N5O3/c31-17-10-30(5-2-6-37(30)12-17)15-41-29-35-27-22(28(36-29)38-13-20-8-18(38)14-40-20)11-34-26(25(27)33)21-9-19(39)7-16-3-1-4-23(32)24(16)21/h1,3-4,7,9,11,17-18,20,39H,2,5-6,8,10,12-15H2/t17-,18-,20-,30+/m1/s1. The highest BCUT2D eigenvalue weighted by atomic mass is 19.1. The molecule has 41 heavy (non-hydrogen) atoms. The molecule has 4 atom stereocenters. The lowest BCUT2D eigenvalue weighted by molar-refractivity contribution is 0.0984. The van der Waals surface area contributed by atoms with Gasteiger partial charge in [0.1, 0.15) is 41.4 Å². The molecule has 11 heteroatoms. The Bertz CT molecular complexity index is 1710. The predicted octanol–water partition coefficient (Wildman–Crippen LogP) is 4.76. The Balaban J connectivity index is 1.26. The van der Waals surface area contributed by atoms with Crippen LogP contribution in [0.3, 0.4) is 0 Å². The summed E-state index contributed by atoms with van der Waals surface area (Å²) < 4.78 is 57.8. The summed E-state index contributed by atoms with van der Waals surface area (Å²) in [5.74, 6) is -0.955. The summed E-state index contributed by atoms with van der Waals surface area (Å²) in [6.45, 7) is 2.56. The van der Waals surface area contributed by atoms with E-state index < -0.39 is 23.3 Å². The second kappa shape index (κ2) is 9.15. The third-order valence-corrected chi connectivity index (χ3v) is 9.21. The van der Waals surface area contributed by atoms with Crippen molar-refractivity contribution in [1.29, 1.82) is 0 Å². The number of aromatic hydroxyl groups is 1. The van der Waals surface area contributed by atoms with Crippen LogP contribution in [0.4, 0.5) is 19.0 Å². The van der Waals surface area contributed by atoms with Crippen LogP contribution in [0.25, 0.3) is 32.9 Å². The van der Waals surface area contributed by atoms with Crippen LogP contribution < -0.4 is 9.64 Å². The molecule has 0 aliphatic carbocycles. The zero-order valence-corrected chi connectivity index (χ0v) is 22.2. The number of halogens is 3. The van der Waals surface area contributed by atoms with E-state index in [9.17, 15) is 13.9 Å². The number of pyridine rings is 1. The van der Waals surface area contributed by atoms with Crippen LogP contribution in [0.15, 0.2) is 36.5 Å². The van der Waals surface area contributed by atoms with Gasteiger partial charge in [-0.15, -0.1) is 0 Å². The van der Waals surface area contributed by atoms with Crippen molar-refractivity contribution in [2.75, 3.05) is 37.7 Å². The van der Waals surface area contributed by atoms with Crippen LogP contribution in [0.2, 0.25) is 0 Å². The molecule has 6 heterocycles. The maximum atomic E-state index is 16.5. The minimum Gasteiger partial charge on any atom is -0.508 e. The Morgan fingerprint density at radius 2 is 2.07 bits per heavy atom. The third kappa shape index (κ3) is 3.93. The van der Waals surface area contributed by atoms with Gasteiger partial charge in [-0.1, -0.05) is 12.1 Å². The predicted molar refractivity (Wildman–Crippen MR) is 146 cm³/mol. The molecule has 0 amide bonds. The van der Waals surface area contributed by atoms with Crippen LogP contribution in [0.1, 0.15) is 25.7 Å². The molecular formula is C30H28F3N5O3. The van der Waals surface area contributed by atoms with Crippen LogP contribution in [-0.4, -0.2) is 81.7 Å². The number of phenolic OH excluding ortho intramolecular Hbond substituents is 1. The Hall–Kier alpha value is -3.70. The molecule has 4 aliphatic rings. The smallest absolute Gasteiger partial charge is 0.319 e. The van der Waals surface area contributed by atoms with E-state index in [0.29, 0.717) is 42.7 Å². The van der Waals surface area contributed by atoms with Gasteiger partial charge in [0.2, 0.25) is 0 Å². The van der Waals surface area contributed by atoms with Crippen molar-refractivity contribution in [2.24, 2.45) is 0 Å². The summed E-state index contributed by atoms with van der Waals surface area (Å²) in [6.07, 6.45) is 3.68. The van der Waals surface area contributed by atoms with Crippen molar-refractivity contribution in [1.82, 2.24) is 19.9 Å². The zero-order chi connectivity index (χ0) is 27.9. The molecule has 0 spiro atoms. The quantitative estimate of drug-likeness (QED) is 0.372. The topological polar surface area (TPSA) is 83.8 Å². The first-order chi connectivity index (χ1) is 19.9. The molecule has 8 nitrogen and oxygen atoms in total. The molecule has 4 aliphatic heterocycles. The van der Waals surface area contributed by atoms with Gasteiger partial charge in [-0.25, -0.2) is 13.2 Å². The third-order valence-electron chi connectivity index (χ3n) is 9.21. The molecule has 2 aromatic carbocycles. The number of anilines is 1. The Labute approximate surface area is 233 Å². The van der Waals surface area contributed by atoms with E-state index in [0.717, 1.165) is 25.8 Å². The van der Waals surface area contributed by atoms with Crippen LogP contribution >= 0.6 is 0 Å². The lowest BCUT2D eigenvalue weighted by Gasteiger charge is -2.31. The molecule has 4 aromatic rings. The fraction of sp³-hybridized carbons (Fsp3) is 0.433. The molecule has 8 rings (SSSR count). The summed E-state index contributed by atoms with van der Waals surface area (Å²) >= 11 is 0. The second-order valence-corrected chi connectivity index (χ2v) is 11.7. The van der Waals surface area contributed by atoms with Crippen molar-refractivity contribution in [3.05, 3.63) is 48.2 Å². The molecule has 0 saturated carbocycles. The lowest BCUT2D eigenvalue weighted by Crippen LogP contribution is -2.43. The number of aromatic nitrogens is 3. The number of alkyl halides is 1. The van der Waals surface area contributed by atoms with Crippen molar-refractivity contribution in [3.63, 3.8) is 0 Å². The number of rotatable bonds is 5. The molecule has 2 bridgehead atoms. The number of fused-ring (bicyclic) bond motifs is 5. The van der Waals surface area contributed by atoms with E-state index in [-0.39, 0.29) is 52.7 Å². The molecule has 4 fully saturated rings. The average molecular weight is 564 g/mol. The van der Waals surface area contributed by atoms with Gasteiger partial charge in [-0.2, -0.15) is 9.97 Å². The van der Waals surface area contributed by atoms with Gasteiger partial charge in [0.05, 0.1) is 29.7 Å². The van der Waals surface area contributed by atoms with E-state index >= 15 is 4.39 Å². The Morgan fingerprint density at radius 3 is 2.90 bits per heavy atom. The van der Waals surface area contributed by atoms with Crippen molar-refractivity contribution >= 4 is 27.5 Å². The molecule has 2 aromatic heterocycles. The van der Waals surface area contributed by atoms with Crippen LogP contribution in [0, 0.1) is 11.6 Å². The van der Waals surface area contributed by atoms with Gasteiger partial charge in [-0.05, 0) is 49.4 Å². The summed E-state index contributed by atoms with van der Waals surface area (Å²) in [5.41, 5.74) is -0.448. The highest BCUT2D eigenvalue weighted by molar-refractivity contribution is 6.00. The monoisotopic (exact) mass is 563 g/mol. The molecule has 0 unspecified atom stereocenters. The second-order valence-electron chi connectivity index (χ2n) is 11.7.